The van der Waals surface area contributed by atoms with Crippen molar-refractivity contribution < 1.29 is 27.2 Å². The second-order valence-electron chi connectivity index (χ2n) is 10.0. The third kappa shape index (κ3) is 3.44. The third-order valence-electron chi connectivity index (χ3n) is 6.97. The number of amides is 1. The van der Waals surface area contributed by atoms with Crippen LogP contribution in [-0.2, 0) is 21.2 Å². The minimum atomic E-state index is -4.71. The number of nitrogens with zero attached hydrogens (tertiary/aromatic N) is 2. The first kappa shape index (κ1) is 24.8. The molecule has 6 nitrogen and oxygen atoms in total. The molecule has 2 aromatic rings. The number of Topliss-reactive ketones (excluding diaryl/α,β-unsaturated/α-hetero) is 1. The fourth-order valence-electron chi connectivity index (χ4n) is 5.53. The molecule has 0 unspecified atom stereocenters. The number of fused-ring (bicyclic) bond motifs is 3. The zero-order chi connectivity index (χ0) is 27.1. The molecule has 37 heavy (non-hydrogen) atoms. The Hall–Kier alpha value is -3.84. The number of hydrogen-bond acceptors (Lipinski definition) is 5. The highest BCUT2D eigenvalue weighted by Gasteiger charge is 2.61. The first-order chi connectivity index (χ1) is 17.2. The lowest BCUT2D eigenvalue weighted by Gasteiger charge is -2.46. The molecule has 2 aliphatic heterocycles. The van der Waals surface area contributed by atoms with Crippen LogP contribution >= 0.6 is 11.6 Å². The molecule has 2 aromatic carbocycles. The average molecular weight is 531 g/mol. The molecule has 1 aliphatic carbocycles. The number of hydrogen-bond donors (Lipinski definition) is 2. The summed E-state index contributed by atoms with van der Waals surface area (Å²) in [6.45, 7) is 3.57. The van der Waals surface area contributed by atoms with Gasteiger partial charge in [-0.15, -0.1) is 0 Å². The molecule has 0 saturated heterocycles. The Morgan fingerprint density at radius 2 is 1.84 bits per heavy atom. The van der Waals surface area contributed by atoms with Gasteiger partial charge < -0.3 is 11.1 Å². The van der Waals surface area contributed by atoms with Gasteiger partial charge in [-0.25, -0.2) is 4.39 Å². The van der Waals surface area contributed by atoms with Crippen LogP contribution in [0, 0.1) is 22.6 Å². The van der Waals surface area contributed by atoms with E-state index in [2.05, 4.69) is 5.32 Å². The summed E-state index contributed by atoms with van der Waals surface area (Å²) >= 11 is 6.35. The number of anilines is 2. The van der Waals surface area contributed by atoms with E-state index in [0.717, 1.165) is 35.2 Å². The van der Waals surface area contributed by atoms with E-state index >= 15 is 0 Å². The number of nitrogens with two attached hydrogens (primary N) is 1. The lowest BCUT2D eigenvalue weighted by Crippen LogP contribution is -2.52. The van der Waals surface area contributed by atoms with Crippen molar-refractivity contribution in [3.05, 3.63) is 81.0 Å². The maximum absolute atomic E-state index is 14.4. The lowest BCUT2D eigenvalue weighted by molar-refractivity contribution is -0.137. The number of nitrogens with one attached hydrogen (secondary N) is 1. The van der Waals surface area contributed by atoms with E-state index < -0.39 is 45.7 Å². The molecule has 3 aliphatic rings. The molecule has 3 N–H and O–H groups in total. The topological polar surface area (TPSA) is 99.2 Å². The highest BCUT2D eigenvalue weighted by molar-refractivity contribution is 6.33. The molecule has 5 rings (SSSR count). The molecule has 1 atom stereocenters. The van der Waals surface area contributed by atoms with Gasteiger partial charge >= 0.3 is 6.18 Å². The molecule has 1 spiro atoms. The molecule has 2 heterocycles. The molecule has 1 amide bonds. The van der Waals surface area contributed by atoms with Gasteiger partial charge in [0.05, 0.1) is 21.8 Å². The van der Waals surface area contributed by atoms with Gasteiger partial charge in [0, 0.05) is 28.9 Å². The van der Waals surface area contributed by atoms with Crippen molar-refractivity contribution >= 4 is 34.7 Å². The molecule has 0 aromatic heterocycles. The Bertz CT molecular complexity index is 1520. The van der Waals surface area contributed by atoms with Crippen LogP contribution in [0.1, 0.15) is 37.8 Å². The first-order valence-corrected chi connectivity index (χ1v) is 11.6. The molecular weight excluding hydrogens is 512 g/mol. The summed E-state index contributed by atoms with van der Waals surface area (Å²) in [6.07, 6.45) is -4.62. The van der Waals surface area contributed by atoms with Gasteiger partial charge in [-0.2, -0.15) is 18.4 Å². The average Bonchev–Trinajstić information content (AvgIpc) is 3.05. The van der Waals surface area contributed by atoms with Gasteiger partial charge in [-0.3, -0.25) is 14.5 Å². The molecule has 0 saturated carbocycles. The highest BCUT2D eigenvalue weighted by atomic mass is 35.5. The van der Waals surface area contributed by atoms with Gasteiger partial charge in [0.2, 0.25) is 5.91 Å². The molecular formula is C26H19ClF4N4O2. The smallest absolute Gasteiger partial charge is 0.384 e. The third-order valence-corrected chi connectivity index (χ3v) is 7.29. The van der Waals surface area contributed by atoms with E-state index in [4.69, 9.17) is 17.3 Å². The van der Waals surface area contributed by atoms with Gasteiger partial charge in [-0.1, -0.05) is 25.4 Å². The summed E-state index contributed by atoms with van der Waals surface area (Å²) in [5.74, 6) is -2.37. The zero-order valence-corrected chi connectivity index (χ0v) is 20.3. The summed E-state index contributed by atoms with van der Waals surface area (Å²) in [6, 6.07) is 8.02. The minimum Gasteiger partial charge on any atom is -0.384 e. The Labute approximate surface area is 214 Å². The minimum absolute atomic E-state index is 0.0196. The zero-order valence-electron chi connectivity index (χ0n) is 19.6. The number of ketones is 1. The van der Waals surface area contributed by atoms with Crippen molar-refractivity contribution in [2.45, 2.75) is 38.3 Å². The van der Waals surface area contributed by atoms with E-state index in [1.807, 2.05) is 6.07 Å². The predicted octanol–water partition coefficient (Wildman–Crippen LogP) is 5.55. The van der Waals surface area contributed by atoms with Crippen molar-refractivity contribution in [2.75, 3.05) is 10.2 Å². The quantitative estimate of drug-likeness (QED) is 0.471. The Morgan fingerprint density at radius 1 is 1.14 bits per heavy atom. The Morgan fingerprint density at radius 3 is 2.49 bits per heavy atom. The predicted molar refractivity (Wildman–Crippen MR) is 128 cm³/mol. The fraction of sp³-hybridized carbons (Fsp3) is 0.269. The van der Waals surface area contributed by atoms with Crippen LogP contribution in [0.3, 0.4) is 0 Å². The highest BCUT2D eigenvalue weighted by Crippen LogP contribution is 2.57. The van der Waals surface area contributed by atoms with Gasteiger partial charge in [0.15, 0.2) is 5.78 Å². The first-order valence-electron chi connectivity index (χ1n) is 11.2. The van der Waals surface area contributed by atoms with E-state index in [1.165, 1.54) is 6.07 Å². The summed E-state index contributed by atoms with van der Waals surface area (Å²) in [7, 11) is 0. The van der Waals surface area contributed by atoms with Crippen LogP contribution in [-0.4, -0.2) is 11.7 Å². The number of halogens is 5. The molecule has 0 bridgehead atoms. The van der Waals surface area contributed by atoms with Crippen LogP contribution in [0.5, 0.6) is 0 Å². The largest absolute Gasteiger partial charge is 0.416 e. The second-order valence-corrected chi connectivity index (χ2v) is 10.4. The monoisotopic (exact) mass is 530 g/mol. The van der Waals surface area contributed by atoms with Gasteiger partial charge in [0.25, 0.3) is 0 Å². The van der Waals surface area contributed by atoms with Gasteiger partial charge in [-0.05, 0) is 48.2 Å². The maximum atomic E-state index is 14.4. The standard InChI is InChI=1S/C26H19ClF4N4O2/c1-24(2)9-19-21(20(36)10-24)25(14-8-13(28)4-6-17(14)34-23(25)37)15(11-32)22(33)35(19)18-7-12(26(29,30)31)3-5-16(18)27/h3-8H,9-10,33H2,1-2H3,(H,34,37)/t25-/m0/s1. The summed E-state index contributed by atoms with van der Waals surface area (Å²) in [4.78, 5) is 28.5. The number of carbonyl (C=O) groups excluding carboxylic acids is 2. The van der Waals surface area contributed by atoms with Crippen molar-refractivity contribution in [3.8, 4) is 6.07 Å². The van der Waals surface area contributed by atoms with Crippen LogP contribution < -0.4 is 16.0 Å². The van der Waals surface area contributed by atoms with Gasteiger partial charge in [0.1, 0.15) is 23.1 Å². The summed E-state index contributed by atoms with van der Waals surface area (Å²) in [5.41, 5.74) is 2.33. The summed E-state index contributed by atoms with van der Waals surface area (Å²) < 4.78 is 55.3. The Balaban J connectivity index is 1.91. The van der Waals surface area contributed by atoms with E-state index in [1.54, 1.807) is 13.8 Å². The maximum Gasteiger partial charge on any atom is 0.416 e. The molecule has 190 valence electrons. The van der Waals surface area contributed by atoms with Crippen LogP contribution in [0.15, 0.2) is 59.1 Å². The number of benzene rings is 2. The SMILES string of the molecule is CC1(C)CC(=O)C2=C(C1)N(c1cc(C(F)(F)F)ccc1Cl)C(N)=C(C#N)[C@]21C(=O)Nc2ccc(F)cc21. The fourth-order valence-corrected chi connectivity index (χ4v) is 5.73. The number of carbonyl (C=O) groups is 2. The molecule has 11 heteroatoms. The molecule has 0 fully saturated rings. The molecule has 0 radical (unpaired) electrons. The number of allylic oxidation sites excluding steroid dienone is 1. The van der Waals surface area contributed by atoms with E-state index in [9.17, 15) is 32.4 Å². The van der Waals surface area contributed by atoms with Crippen molar-refractivity contribution in [2.24, 2.45) is 11.1 Å². The lowest BCUT2D eigenvalue weighted by atomic mass is 9.60. The van der Waals surface area contributed by atoms with E-state index in [-0.39, 0.29) is 51.9 Å². The van der Waals surface area contributed by atoms with Crippen molar-refractivity contribution in [1.29, 1.82) is 5.26 Å². The van der Waals surface area contributed by atoms with E-state index in [0.29, 0.717) is 0 Å². The normalized spacial score (nSPS) is 22.7. The number of rotatable bonds is 1. The Kier molecular flexibility index (Phi) is 5.25. The van der Waals surface area contributed by atoms with Crippen molar-refractivity contribution in [3.63, 3.8) is 0 Å². The van der Waals surface area contributed by atoms with Crippen molar-refractivity contribution in [1.82, 2.24) is 0 Å². The van der Waals surface area contributed by atoms with Crippen LogP contribution in [0.25, 0.3) is 0 Å². The van der Waals surface area contributed by atoms with Crippen LogP contribution in [0.2, 0.25) is 5.02 Å². The number of nitriles is 1. The number of alkyl halides is 3. The summed E-state index contributed by atoms with van der Waals surface area (Å²) in [5, 5.41) is 12.8. The van der Waals surface area contributed by atoms with Crippen LogP contribution in [0.4, 0.5) is 28.9 Å². The second kappa shape index (κ2) is 7.83.